The van der Waals surface area contributed by atoms with E-state index in [2.05, 4.69) is 15.5 Å². The standard InChI is InChI=1S/C18H17N3O3/c1-12-5-3-4-6-15(12)20-21-16-8-7-14(11-13(16)2)19-17(22)9-10-18(23)24/h3-11H,1-2H3,(H,19,22)(H,23,24). The molecule has 0 aliphatic carbocycles. The SMILES string of the molecule is Cc1ccccc1N=Nc1ccc(NC(=O)C=CC(=O)O)cc1C. The predicted octanol–water partition coefficient (Wildman–Crippen LogP) is 4.30. The number of azo groups is 1. The number of carboxylic acids is 1. The highest BCUT2D eigenvalue weighted by atomic mass is 16.4. The molecule has 0 aliphatic rings. The molecule has 24 heavy (non-hydrogen) atoms. The van der Waals surface area contributed by atoms with Crippen LogP contribution in [0.1, 0.15) is 11.1 Å². The van der Waals surface area contributed by atoms with Crippen LogP contribution in [0.25, 0.3) is 0 Å². The number of hydrogen-bond donors (Lipinski definition) is 2. The van der Waals surface area contributed by atoms with Gasteiger partial charge in [-0.15, -0.1) is 0 Å². The lowest BCUT2D eigenvalue weighted by atomic mass is 10.2. The second-order valence-corrected chi connectivity index (χ2v) is 5.15. The Morgan fingerprint density at radius 1 is 0.958 bits per heavy atom. The van der Waals surface area contributed by atoms with Gasteiger partial charge in [0.25, 0.3) is 0 Å². The molecule has 0 spiro atoms. The van der Waals surface area contributed by atoms with Gasteiger partial charge in [0.1, 0.15) is 0 Å². The number of carboxylic acid groups (broad SMARTS) is 1. The molecule has 6 heteroatoms. The first kappa shape index (κ1) is 17.1. The molecule has 0 atom stereocenters. The van der Waals surface area contributed by atoms with Gasteiger partial charge in [-0.05, 0) is 49.2 Å². The second-order valence-electron chi connectivity index (χ2n) is 5.15. The van der Waals surface area contributed by atoms with E-state index in [1.165, 1.54) is 0 Å². The first-order chi connectivity index (χ1) is 11.5. The van der Waals surface area contributed by atoms with Gasteiger partial charge in [-0.2, -0.15) is 10.2 Å². The highest BCUT2D eigenvalue weighted by Gasteiger charge is 2.03. The predicted molar refractivity (Wildman–Crippen MR) is 91.9 cm³/mol. The van der Waals surface area contributed by atoms with Crippen LogP contribution in [-0.4, -0.2) is 17.0 Å². The van der Waals surface area contributed by atoms with Gasteiger partial charge in [0.05, 0.1) is 11.4 Å². The fourth-order valence-electron chi connectivity index (χ4n) is 1.96. The molecule has 0 saturated heterocycles. The van der Waals surface area contributed by atoms with Crippen molar-refractivity contribution in [2.75, 3.05) is 5.32 Å². The zero-order valence-electron chi connectivity index (χ0n) is 13.4. The van der Waals surface area contributed by atoms with Crippen molar-refractivity contribution in [1.82, 2.24) is 0 Å². The van der Waals surface area contributed by atoms with Crippen molar-refractivity contribution in [2.45, 2.75) is 13.8 Å². The van der Waals surface area contributed by atoms with E-state index in [0.717, 1.165) is 29.0 Å². The molecule has 0 unspecified atom stereocenters. The lowest BCUT2D eigenvalue weighted by Gasteiger charge is -2.05. The molecule has 2 rings (SSSR count). The number of anilines is 1. The minimum atomic E-state index is -1.17. The van der Waals surface area contributed by atoms with Crippen molar-refractivity contribution in [3.8, 4) is 0 Å². The first-order valence-corrected chi connectivity index (χ1v) is 7.26. The van der Waals surface area contributed by atoms with Gasteiger partial charge in [-0.3, -0.25) is 4.79 Å². The maximum Gasteiger partial charge on any atom is 0.328 e. The number of carbonyl (C=O) groups is 2. The Hall–Kier alpha value is -3.28. The van der Waals surface area contributed by atoms with E-state index in [-0.39, 0.29) is 0 Å². The van der Waals surface area contributed by atoms with Gasteiger partial charge in [0.15, 0.2) is 0 Å². The minimum Gasteiger partial charge on any atom is -0.478 e. The summed E-state index contributed by atoms with van der Waals surface area (Å²) in [5.74, 6) is -1.68. The third kappa shape index (κ3) is 4.88. The largest absolute Gasteiger partial charge is 0.478 e. The van der Waals surface area contributed by atoms with E-state index in [4.69, 9.17) is 5.11 Å². The van der Waals surface area contributed by atoms with Gasteiger partial charge in [-0.25, -0.2) is 4.79 Å². The molecule has 2 aromatic carbocycles. The molecule has 0 fully saturated rings. The number of benzene rings is 2. The summed E-state index contributed by atoms with van der Waals surface area (Å²) >= 11 is 0. The maximum atomic E-state index is 11.6. The molecule has 0 aromatic heterocycles. The van der Waals surface area contributed by atoms with Crippen LogP contribution in [0.3, 0.4) is 0 Å². The fraction of sp³-hybridized carbons (Fsp3) is 0.111. The van der Waals surface area contributed by atoms with E-state index in [1.54, 1.807) is 18.2 Å². The summed E-state index contributed by atoms with van der Waals surface area (Å²) < 4.78 is 0. The molecule has 0 heterocycles. The van der Waals surface area contributed by atoms with Crippen LogP contribution in [0.2, 0.25) is 0 Å². The molecule has 2 N–H and O–H groups in total. The van der Waals surface area contributed by atoms with Crippen LogP contribution in [0.15, 0.2) is 64.8 Å². The molecular weight excluding hydrogens is 306 g/mol. The van der Waals surface area contributed by atoms with Crippen LogP contribution in [0.5, 0.6) is 0 Å². The zero-order chi connectivity index (χ0) is 17.5. The van der Waals surface area contributed by atoms with Crippen LogP contribution in [0.4, 0.5) is 17.1 Å². The number of aliphatic carboxylic acids is 1. The molecule has 0 bridgehead atoms. The third-order valence-corrected chi connectivity index (χ3v) is 3.22. The van der Waals surface area contributed by atoms with E-state index in [1.807, 2.05) is 38.1 Å². The van der Waals surface area contributed by atoms with E-state index >= 15 is 0 Å². The van der Waals surface area contributed by atoms with Gasteiger partial charge in [-0.1, -0.05) is 18.2 Å². The lowest BCUT2D eigenvalue weighted by molar-refractivity contribution is -0.131. The smallest absolute Gasteiger partial charge is 0.328 e. The first-order valence-electron chi connectivity index (χ1n) is 7.26. The van der Waals surface area contributed by atoms with Crippen molar-refractivity contribution < 1.29 is 14.7 Å². The topological polar surface area (TPSA) is 91.1 Å². The number of nitrogens with one attached hydrogen (secondary N) is 1. The Labute approximate surface area is 139 Å². The molecule has 2 aromatic rings. The van der Waals surface area contributed by atoms with Crippen LogP contribution < -0.4 is 5.32 Å². The summed E-state index contributed by atoms with van der Waals surface area (Å²) in [6, 6.07) is 12.9. The summed E-state index contributed by atoms with van der Waals surface area (Å²) in [5.41, 5.74) is 3.92. The molecule has 0 saturated carbocycles. The molecule has 0 aliphatic heterocycles. The summed E-state index contributed by atoms with van der Waals surface area (Å²) in [5, 5.41) is 19.6. The number of nitrogens with zero attached hydrogens (tertiary/aromatic N) is 2. The Morgan fingerprint density at radius 2 is 1.62 bits per heavy atom. The molecule has 6 nitrogen and oxygen atoms in total. The quantitative estimate of drug-likeness (QED) is 0.635. The second kappa shape index (κ2) is 7.82. The van der Waals surface area contributed by atoms with Crippen molar-refractivity contribution >= 4 is 28.9 Å². The third-order valence-electron chi connectivity index (χ3n) is 3.22. The number of hydrogen-bond acceptors (Lipinski definition) is 4. The molecule has 122 valence electrons. The van der Waals surface area contributed by atoms with Gasteiger partial charge >= 0.3 is 5.97 Å². The Morgan fingerprint density at radius 3 is 2.25 bits per heavy atom. The van der Waals surface area contributed by atoms with Crippen LogP contribution >= 0.6 is 0 Å². The number of carbonyl (C=O) groups excluding carboxylic acids is 1. The summed E-state index contributed by atoms with van der Waals surface area (Å²) in [6.07, 6.45) is 1.75. The van der Waals surface area contributed by atoms with E-state index < -0.39 is 11.9 Å². The lowest BCUT2D eigenvalue weighted by Crippen LogP contribution is -2.08. The van der Waals surface area contributed by atoms with Crippen molar-refractivity contribution in [2.24, 2.45) is 10.2 Å². The van der Waals surface area contributed by atoms with Gasteiger partial charge in [0, 0.05) is 17.8 Å². The summed E-state index contributed by atoms with van der Waals surface area (Å²) in [4.78, 5) is 21.9. The number of amides is 1. The van der Waals surface area contributed by atoms with Crippen LogP contribution in [-0.2, 0) is 9.59 Å². The fourth-order valence-corrected chi connectivity index (χ4v) is 1.96. The normalized spacial score (nSPS) is 11.1. The average Bonchev–Trinajstić information content (AvgIpc) is 2.53. The summed E-state index contributed by atoms with van der Waals surface area (Å²) in [6.45, 7) is 3.82. The molecule has 1 amide bonds. The van der Waals surface area contributed by atoms with E-state index in [0.29, 0.717) is 11.4 Å². The minimum absolute atomic E-state index is 0.508. The summed E-state index contributed by atoms with van der Waals surface area (Å²) in [7, 11) is 0. The van der Waals surface area contributed by atoms with Crippen molar-refractivity contribution in [1.29, 1.82) is 0 Å². The molecule has 0 radical (unpaired) electrons. The number of rotatable bonds is 5. The van der Waals surface area contributed by atoms with Crippen molar-refractivity contribution in [3.63, 3.8) is 0 Å². The van der Waals surface area contributed by atoms with Gasteiger partial charge < -0.3 is 10.4 Å². The Bertz CT molecular complexity index is 826. The number of aryl methyl sites for hydroxylation is 2. The van der Waals surface area contributed by atoms with E-state index in [9.17, 15) is 9.59 Å². The average molecular weight is 323 g/mol. The Kier molecular flexibility index (Phi) is 5.57. The Balaban J connectivity index is 2.11. The monoisotopic (exact) mass is 323 g/mol. The highest BCUT2D eigenvalue weighted by Crippen LogP contribution is 2.26. The van der Waals surface area contributed by atoms with Crippen LogP contribution in [0, 0.1) is 13.8 Å². The maximum absolute atomic E-state index is 11.6. The molecular formula is C18H17N3O3. The highest BCUT2D eigenvalue weighted by molar-refractivity contribution is 6.02. The zero-order valence-corrected chi connectivity index (χ0v) is 13.4. The van der Waals surface area contributed by atoms with Gasteiger partial charge in [0.2, 0.25) is 5.91 Å². The van der Waals surface area contributed by atoms with Crippen molar-refractivity contribution in [3.05, 3.63) is 65.7 Å².